The summed E-state index contributed by atoms with van der Waals surface area (Å²) < 4.78 is 31.5. The van der Waals surface area contributed by atoms with Crippen molar-refractivity contribution in [2.75, 3.05) is 23.0 Å². The van der Waals surface area contributed by atoms with E-state index < -0.39 is 22.0 Å². The summed E-state index contributed by atoms with van der Waals surface area (Å²) in [5.74, 6) is -0.0323. The Balaban J connectivity index is 2.44. The van der Waals surface area contributed by atoms with Crippen LogP contribution in [0.1, 0.15) is 23.6 Å². The number of aryl methyl sites for hydroxylation is 3. The molecule has 0 spiro atoms. The van der Waals surface area contributed by atoms with E-state index in [2.05, 4.69) is 5.32 Å². The van der Waals surface area contributed by atoms with Gasteiger partial charge in [0.1, 0.15) is 11.8 Å². The molecule has 0 heterocycles. The normalized spacial score (nSPS) is 12.4. The molecular weight excluding hydrogens is 364 g/mol. The molecule has 0 unspecified atom stereocenters. The van der Waals surface area contributed by atoms with Crippen LogP contribution in [-0.4, -0.2) is 33.7 Å². The Bertz CT molecular complexity index is 954. The number of hydrogen-bond donors (Lipinski definition) is 1. The minimum absolute atomic E-state index is 0.337. The summed E-state index contributed by atoms with van der Waals surface area (Å²) in [6, 6.07) is 9.97. The van der Waals surface area contributed by atoms with Crippen LogP contribution in [0.4, 0.5) is 11.4 Å². The van der Waals surface area contributed by atoms with Gasteiger partial charge in [-0.2, -0.15) is 0 Å². The van der Waals surface area contributed by atoms with Crippen molar-refractivity contribution in [3.05, 3.63) is 53.1 Å². The lowest BCUT2D eigenvalue weighted by atomic mass is 10.1. The first-order valence-electron chi connectivity index (χ1n) is 8.56. The van der Waals surface area contributed by atoms with Gasteiger partial charge in [0.15, 0.2) is 0 Å². The second kappa shape index (κ2) is 8.00. The molecule has 2 aromatic rings. The number of sulfonamides is 1. The van der Waals surface area contributed by atoms with Gasteiger partial charge in [-0.3, -0.25) is 9.10 Å². The lowest BCUT2D eigenvalue weighted by Crippen LogP contribution is -2.45. The van der Waals surface area contributed by atoms with E-state index in [0.717, 1.165) is 27.3 Å². The first-order valence-corrected chi connectivity index (χ1v) is 10.4. The van der Waals surface area contributed by atoms with Gasteiger partial charge in [-0.25, -0.2) is 8.42 Å². The lowest BCUT2D eigenvalue weighted by molar-refractivity contribution is -0.116. The SMILES string of the molecule is COc1ccc(C)cc1N([C@H](C)C(=O)Nc1cc(C)ccc1C)S(C)(=O)=O. The van der Waals surface area contributed by atoms with Crippen LogP contribution in [0.25, 0.3) is 0 Å². The Labute approximate surface area is 161 Å². The van der Waals surface area contributed by atoms with Gasteiger partial charge >= 0.3 is 0 Å². The fraction of sp³-hybridized carbons (Fsp3) is 0.350. The summed E-state index contributed by atoms with van der Waals surface area (Å²) in [6.45, 7) is 7.23. The maximum Gasteiger partial charge on any atom is 0.248 e. The smallest absolute Gasteiger partial charge is 0.248 e. The largest absolute Gasteiger partial charge is 0.495 e. The maximum atomic E-state index is 12.9. The fourth-order valence-electron chi connectivity index (χ4n) is 2.86. The molecule has 1 amide bonds. The topological polar surface area (TPSA) is 75.7 Å². The average Bonchev–Trinajstić information content (AvgIpc) is 2.57. The highest BCUT2D eigenvalue weighted by molar-refractivity contribution is 7.92. The summed E-state index contributed by atoms with van der Waals surface area (Å²) in [5.41, 5.74) is 3.77. The standard InChI is InChI=1S/C20H26N2O4S/c1-13-7-9-15(3)17(11-13)21-20(23)16(4)22(27(6,24)25)18-12-14(2)8-10-19(18)26-5/h7-12,16H,1-6H3,(H,21,23)/t16-/m1/s1. The van der Waals surface area contributed by atoms with Crippen molar-refractivity contribution in [3.63, 3.8) is 0 Å². The minimum Gasteiger partial charge on any atom is -0.495 e. The van der Waals surface area contributed by atoms with Crippen LogP contribution < -0.4 is 14.4 Å². The molecular formula is C20H26N2O4S. The Hall–Kier alpha value is -2.54. The predicted octanol–water partition coefficient (Wildman–Crippen LogP) is 3.41. The molecule has 0 aromatic heterocycles. The predicted molar refractivity (Wildman–Crippen MR) is 109 cm³/mol. The fourth-order valence-corrected chi connectivity index (χ4v) is 4.03. The van der Waals surface area contributed by atoms with Crippen LogP contribution in [0.15, 0.2) is 36.4 Å². The highest BCUT2D eigenvalue weighted by atomic mass is 32.2. The summed E-state index contributed by atoms with van der Waals surface area (Å²) in [5, 5.41) is 2.84. The van der Waals surface area contributed by atoms with Gasteiger partial charge in [-0.1, -0.05) is 18.2 Å². The van der Waals surface area contributed by atoms with Gasteiger partial charge in [-0.15, -0.1) is 0 Å². The van der Waals surface area contributed by atoms with Gasteiger partial charge in [-0.05, 0) is 62.6 Å². The zero-order chi connectivity index (χ0) is 20.4. The van der Waals surface area contributed by atoms with E-state index >= 15 is 0 Å². The van der Waals surface area contributed by atoms with Crippen LogP contribution in [0.2, 0.25) is 0 Å². The Morgan fingerprint density at radius 1 is 1.07 bits per heavy atom. The minimum atomic E-state index is -3.73. The molecule has 0 fully saturated rings. The summed E-state index contributed by atoms with van der Waals surface area (Å²) >= 11 is 0. The quantitative estimate of drug-likeness (QED) is 0.820. The van der Waals surface area contributed by atoms with E-state index in [9.17, 15) is 13.2 Å². The molecule has 27 heavy (non-hydrogen) atoms. The number of benzene rings is 2. The van der Waals surface area contributed by atoms with Gasteiger partial charge in [0, 0.05) is 5.69 Å². The summed E-state index contributed by atoms with van der Waals surface area (Å²) in [7, 11) is -2.26. The highest BCUT2D eigenvalue weighted by Crippen LogP contribution is 2.33. The monoisotopic (exact) mass is 390 g/mol. The summed E-state index contributed by atoms with van der Waals surface area (Å²) in [6.07, 6.45) is 1.08. The van der Waals surface area contributed by atoms with E-state index in [1.807, 2.05) is 45.0 Å². The van der Waals surface area contributed by atoms with Crippen LogP contribution >= 0.6 is 0 Å². The van der Waals surface area contributed by atoms with Crippen LogP contribution in [0.3, 0.4) is 0 Å². The Kier molecular flexibility index (Phi) is 6.15. The van der Waals surface area contributed by atoms with Crippen LogP contribution in [0, 0.1) is 20.8 Å². The number of amides is 1. The highest BCUT2D eigenvalue weighted by Gasteiger charge is 2.31. The number of ether oxygens (including phenoxy) is 1. The Morgan fingerprint density at radius 3 is 2.26 bits per heavy atom. The molecule has 6 nitrogen and oxygen atoms in total. The third-order valence-corrected chi connectivity index (χ3v) is 5.54. The molecule has 0 aliphatic carbocycles. The number of anilines is 2. The molecule has 1 atom stereocenters. The molecule has 0 radical (unpaired) electrons. The van der Waals surface area contributed by atoms with Crippen molar-refractivity contribution in [2.24, 2.45) is 0 Å². The van der Waals surface area contributed by atoms with Crippen molar-refractivity contribution in [1.29, 1.82) is 0 Å². The molecule has 7 heteroatoms. The van der Waals surface area contributed by atoms with E-state index in [1.165, 1.54) is 7.11 Å². The van der Waals surface area contributed by atoms with Crippen molar-refractivity contribution in [3.8, 4) is 5.75 Å². The Morgan fingerprint density at radius 2 is 1.67 bits per heavy atom. The average molecular weight is 391 g/mol. The number of hydrogen-bond acceptors (Lipinski definition) is 4. The van der Waals surface area contributed by atoms with E-state index in [4.69, 9.17) is 4.74 Å². The first-order chi connectivity index (χ1) is 12.5. The van der Waals surface area contributed by atoms with Crippen LogP contribution in [-0.2, 0) is 14.8 Å². The zero-order valence-electron chi connectivity index (χ0n) is 16.5. The molecule has 2 rings (SSSR count). The lowest BCUT2D eigenvalue weighted by Gasteiger charge is -2.29. The maximum absolute atomic E-state index is 12.9. The van der Waals surface area contributed by atoms with Crippen LogP contribution in [0.5, 0.6) is 5.75 Å². The second-order valence-corrected chi connectivity index (χ2v) is 8.58. The molecule has 146 valence electrons. The molecule has 1 N–H and O–H groups in total. The van der Waals surface area contributed by atoms with Crippen molar-refractivity contribution >= 4 is 27.3 Å². The number of nitrogens with one attached hydrogen (secondary N) is 1. The van der Waals surface area contributed by atoms with Crippen molar-refractivity contribution < 1.29 is 17.9 Å². The number of rotatable bonds is 6. The number of carbonyl (C=O) groups excluding carboxylic acids is 1. The zero-order valence-corrected chi connectivity index (χ0v) is 17.3. The third-order valence-electron chi connectivity index (χ3n) is 4.31. The van der Waals surface area contributed by atoms with Gasteiger partial charge in [0.2, 0.25) is 15.9 Å². The molecule has 2 aromatic carbocycles. The third kappa shape index (κ3) is 4.80. The van der Waals surface area contributed by atoms with Gasteiger partial charge in [0.25, 0.3) is 0 Å². The summed E-state index contributed by atoms with van der Waals surface area (Å²) in [4.78, 5) is 12.9. The van der Waals surface area contributed by atoms with Gasteiger partial charge in [0.05, 0.1) is 19.1 Å². The van der Waals surface area contributed by atoms with E-state index in [1.54, 1.807) is 19.1 Å². The molecule has 0 saturated heterocycles. The van der Waals surface area contributed by atoms with E-state index in [-0.39, 0.29) is 0 Å². The molecule has 0 bridgehead atoms. The first kappa shape index (κ1) is 20.8. The second-order valence-electron chi connectivity index (χ2n) is 6.72. The van der Waals surface area contributed by atoms with Crippen molar-refractivity contribution in [2.45, 2.75) is 33.7 Å². The number of nitrogens with zero attached hydrogens (tertiary/aromatic N) is 1. The van der Waals surface area contributed by atoms with Crippen molar-refractivity contribution in [1.82, 2.24) is 0 Å². The molecule has 0 aliphatic heterocycles. The molecule has 0 saturated carbocycles. The molecule has 0 aliphatic rings. The number of carbonyl (C=O) groups is 1. The van der Waals surface area contributed by atoms with Gasteiger partial charge < -0.3 is 10.1 Å². The van der Waals surface area contributed by atoms with E-state index in [0.29, 0.717) is 17.1 Å². The number of methoxy groups -OCH3 is 1.